The van der Waals surface area contributed by atoms with E-state index in [1.54, 1.807) is 13.0 Å². The molecule has 2 heterocycles. The lowest BCUT2D eigenvalue weighted by Gasteiger charge is -2.33. The van der Waals surface area contributed by atoms with E-state index in [0.717, 1.165) is 48.8 Å². The molecule has 0 fully saturated rings. The van der Waals surface area contributed by atoms with Crippen LogP contribution in [0.4, 0.5) is 5.00 Å². The van der Waals surface area contributed by atoms with Crippen LogP contribution >= 0.6 is 11.3 Å². The van der Waals surface area contributed by atoms with Crippen molar-refractivity contribution in [2.75, 3.05) is 5.32 Å². The summed E-state index contributed by atoms with van der Waals surface area (Å²) in [5, 5.41) is 13.1. The lowest BCUT2D eigenvalue weighted by atomic mass is 9.88. The van der Waals surface area contributed by atoms with E-state index in [2.05, 4.69) is 18.3 Å². The van der Waals surface area contributed by atoms with E-state index >= 15 is 0 Å². The van der Waals surface area contributed by atoms with Crippen LogP contribution in [0.3, 0.4) is 0 Å². The lowest BCUT2D eigenvalue weighted by Crippen LogP contribution is -2.48. The van der Waals surface area contributed by atoms with Crippen LogP contribution in [0.2, 0.25) is 0 Å². The van der Waals surface area contributed by atoms with E-state index in [1.807, 2.05) is 12.1 Å². The molecular weight excluding hydrogens is 372 g/mol. The molecule has 1 atom stereocenters. The Kier molecular flexibility index (Phi) is 4.72. The highest BCUT2D eigenvalue weighted by Crippen LogP contribution is 2.38. The summed E-state index contributed by atoms with van der Waals surface area (Å²) in [6, 6.07) is 7.92. The number of carbonyl (C=O) groups excluding carboxylic acids is 2. The van der Waals surface area contributed by atoms with Crippen molar-refractivity contribution in [1.82, 2.24) is 0 Å². The van der Waals surface area contributed by atoms with Crippen LogP contribution < -0.4 is 5.32 Å². The maximum Gasteiger partial charge on any atom is 0.339 e. The molecule has 0 bridgehead atoms. The first-order chi connectivity index (χ1) is 13.4. The standard InChI is InChI=1S/C22H22N2O3S/c1-3-13-8-9-15-14(10-13)11-22(2,27-20(15)25)21(26)24-19-17(12-23)16-6-4-5-7-18(16)28-19/h8-10H,3-7,11H2,1-2H3,(H,24,26). The second-order valence-electron chi connectivity index (χ2n) is 7.62. The van der Waals surface area contributed by atoms with E-state index in [-0.39, 0.29) is 5.91 Å². The number of rotatable bonds is 3. The van der Waals surface area contributed by atoms with Gasteiger partial charge in [0.25, 0.3) is 5.91 Å². The molecule has 1 aliphatic heterocycles. The highest BCUT2D eigenvalue weighted by atomic mass is 32.1. The first-order valence-corrected chi connectivity index (χ1v) is 10.5. The number of carbonyl (C=O) groups is 2. The Morgan fingerprint density at radius 2 is 2.14 bits per heavy atom. The molecule has 2 aliphatic rings. The van der Waals surface area contributed by atoms with Gasteiger partial charge in [-0.1, -0.05) is 19.1 Å². The van der Waals surface area contributed by atoms with Gasteiger partial charge in [-0.15, -0.1) is 11.3 Å². The summed E-state index contributed by atoms with van der Waals surface area (Å²) >= 11 is 1.48. The van der Waals surface area contributed by atoms with Crippen molar-refractivity contribution in [3.8, 4) is 6.07 Å². The summed E-state index contributed by atoms with van der Waals surface area (Å²) in [6.45, 7) is 3.69. The molecule has 1 N–H and O–H groups in total. The van der Waals surface area contributed by atoms with Crippen molar-refractivity contribution in [1.29, 1.82) is 5.26 Å². The highest BCUT2D eigenvalue weighted by molar-refractivity contribution is 7.16. The second-order valence-corrected chi connectivity index (χ2v) is 8.73. The van der Waals surface area contributed by atoms with Gasteiger partial charge in [-0.3, -0.25) is 4.79 Å². The van der Waals surface area contributed by atoms with Crippen LogP contribution in [-0.4, -0.2) is 17.5 Å². The van der Waals surface area contributed by atoms with Crippen molar-refractivity contribution in [3.05, 3.63) is 50.9 Å². The van der Waals surface area contributed by atoms with Gasteiger partial charge in [0.15, 0.2) is 5.60 Å². The van der Waals surface area contributed by atoms with Gasteiger partial charge < -0.3 is 10.1 Å². The molecule has 0 saturated carbocycles. The van der Waals surface area contributed by atoms with E-state index in [1.165, 1.54) is 16.2 Å². The van der Waals surface area contributed by atoms with Gasteiger partial charge in [-0.25, -0.2) is 4.79 Å². The molecule has 28 heavy (non-hydrogen) atoms. The normalized spacial score (nSPS) is 20.5. The topological polar surface area (TPSA) is 79.2 Å². The third kappa shape index (κ3) is 3.10. The number of hydrogen-bond acceptors (Lipinski definition) is 5. The van der Waals surface area contributed by atoms with Crippen LogP contribution in [0.5, 0.6) is 0 Å². The molecule has 0 saturated heterocycles. The van der Waals surface area contributed by atoms with Crippen LogP contribution in [0, 0.1) is 11.3 Å². The van der Waals surface area contributed by atoms with Gasteiger partial charge in [0.1, 0.15) is 11.1 Å². The van der Waals surface area contributed by atoms with Crippen LogP contribution in [0.1, 0.15) is 64.2 Å². The summed E-state index contributed by atoms with van der Waals surface area (Å²) in [7, 11) is 0. The second kappa shape index (κ2) is 7.06. The summed E-state index contributed by atoms with van der Waals surface area (Å²) < 4.78 is 5.55. The molecule has 1 aliphatic carbocycles. The number of cyclic esters (lactones) is 1. The predicted molar refractivity (Wildman–Crippen MR) is 108 cm³/mol. The molecule has 1 unspecified atom stereocenters. The summed E-state index contributed by atoms with van der Waals surface area (Å²) in [5.41, 5.74) is 2.80. The average molecular weight is 394 g/mol. The zero-order valence-electron chi connectivity index (χ0n) is 16.1. The van der Waals surface area contributed by atoms with E-state index < -0.39 is 11.6 Å². The Labute approximate surface area is 168 Å². The quantitative estimate of drug-likeness (QED) is 0.793. The van der Waals surface area contributed by atoms with Gasteiger partial charge >= 0.3 is 5.97 Å². The fourth-order valence-corrected chi connectivity index (χ4v) is 5.24. The third-order valence-electron chi connectivity index (χ3n) is 5.63. The summed E-state index contributed by atoms with van der Waals surface area (Å²) in [5.74, 6) is -0.865. The highest BCUT2D eigenvalue weighted by Gasteiger charge is 2.43. The lowest BCUT2D eigenvalue weighted by molar-refractivity contribution is -0.134. The maximum absolute atomic E-state index is 13.1. The monoisotopic (exact) mass is 394 g/mol. The Morgan fingerprint density at radius 1 is 1.36 bits per heavy atom. The predicted octanol–water partition coefficient (Wildman–Crippen LogP) is 4.17. The fraction of sp³-hybridized carbons (Fsp3) is 0.409. The number of thiophene rings is 1. The number of hydrogen-bond donors (Lipinski definition) is 1. The van der Waals surface area contributed by atoms with Crippen LogP contribution in [-0.2, 0) is 35.2 Å². The smallest absolute Gasteiger partial charge is 0.339 e. The average Bonchev–Trinajstić information content (AvgIpc) is 3.04. The van der Waals surface area contributed by atoms with Gasteiger partial charge in [0.2, 0.25) is 0 Å². The largest absolute Gasteiger partial charge is 0.445 e. The molecule has 1 aromatic carbocycles. The minimum Gasteiger partial charge on any atom is -0.445 e. The number of fused-ring (bicyclic) bond motifs is 2. The molecule has 5 nitrogen and oxygen atoms in total. The fourth-order valence-electron chi connectivity index (χ4n) is 4.01. The molecule has 1 aromatic heterocycles. The van der Waals surface area contributed by atoms with Gasteiger partial charge in [-0.2, -0.15) is 5.26 Å². The number of benzene rings is 1. The maximum atomic E-state index is 13.1. The van der Waals surface area contributed by atoms with Gasteiger partial charge in [0.05, 0.1) is 11.1 Å². The first kappa shape index (κ1) is 18.7. The number of ether oxygens (including phenoxy) is 1. The first-order valence-electron chi connectivity index (χ1n) is 9.66. The van der Waals surface area contributed by atoms with Crippen molar-refractivity contribution in [3.63, 3.8) is 0 Å². The SMILES string of the molecule is CCc1ccc2c(c1)CC(C)(C(=O)Nc1sc3c(c1C#N)CCCC3)OC2=O. The van der Waals surface area contributed by atoms with Gasteiger partial charge in [0, 0.05) is 11.3 Å². The summed E-state index contributed by atoms with van der Waals surface area (Å²) in [4.78, 5) is 26.8. The number of nitrogens with zero attached hydrogens (tertiary/aromatic N) is 1. The Morgan fingerprint density at radius 3 is 2.89 bits per heavy atom. The zero-order chi connectivity index (χ0) is 19.9. The van der Waals surface area contributed by atoms with Gasteiger partial charge in [-0.05, 0) is 61.8 Å². The molecule has 6 heteroatoms. The number of esters is 1. The molecule has 2 aromatic rings. The Hall–Kier alpha value is -2.65. The number of anilines is 1. The Bertz CT molecular complexity index is 1020. The number of aryl methyl sites for hydroxylation is 2. The van der Waals surface area contributed by atoms with Crippen molar-refractivity contribution >= 4 is 28.2 Å². The molecule has 0 radical (unpaired) electrons. The minimum atomic E-state index is -1.30. The third-order valence-corrected chi connectivity index (χ3v) is 6.84. The van der Waals surface area contributed by atoms with E-state index in [9.17, 15) is 14.9 Å². The minimum absolute atomic E-state index is 0.320. The molecular formula is C22H22N2O3S. The summed E-state index contributed by atoms with van der Waals surface area (Å²) in [6.07, 6.45) is 5.18. The molecule has 0 spiro atoms. The van der Waals surface area contributed by atoms with Crippen LogP contribution in [0.25, 0.3) is 0 Å². The zero-order valence-corrected chi connectivity index (χ0v) is 16.9. The van der Waals surface area contributed by atoms with Crippen LogP contribution in [0.15, 0.2) is 18.2 Å². The van der Waals surface area contributed by atoms with Crippen molar-refractivity contribution < 1.29 is 14.3 Å². The van der Waals surface area contributed by atoms with Crippen molar-refractivity contribution in [2.24, 2.45) is 0 Å². The molecule has 144 valence electrons. The molecule has 4 rings (SSSR count). The number of amides is 1. The van der Waals surface area contributed by atoms with Crippen molar-refractivity contribution in [2.45, 2.75) is 58.0 Å². The Balaban J connectivity index is 1.63. The van der Waals surface area contributed by atoms with E-state index in [4.69, 9.17) is 4.74 Å². The number of nitriles is 1. The molecule has 1 amide bonds. The van der Waals surface area contributed by atoms with E-state index in [0.29, 0.717) is 22.5 Å². The number of nitrogens with one attached hydrogen (secondary N) is 1.